The first-order valence-electron chi connectivity index (χ1n) is 6.05. The molecule has 0 radical (unpaired) electrons. The zero-order chi connectivity index (χ0) is 13.1. The van der Waals surface area contributed by atoms with Crippen molar-refractivity contribution in [2.24, 2.45) is 5.92 Å². The minimum atomic E-state index is -1.09. The van der Waals surface area contributed by atoms with Crippen molar-refractivity contribution in [1.82, 2.24) is 10.6 Å². The monoisotopic (exact) mass is 254 g/mol. The number of rotatable bonds is 2. The fourth-order valence-corrected chi connectivity index (χ4v) is 2.11. The highest BCUT2D eigenvalue weighted by atomic mass is 19.2. The average Bonchev–Trinajstić information content (AvgIpc) is 2.35. The largest absolute Gasteiger partial charge is 0.348 e. The van der Waals surface area contributed by atoms with Crippen molar-refractivity contribution < 1.29 is 13.6 Å². The third kappa shape index (κ3) is 2.67. The number of amides is 1. The maximum atomic E-state index is 13.5. The third-order valence-electron chi connectivity index (χ3n) is 3.34. The van der Waals surface area contributed by atoms with Crippen LogP contribution in [0.4, 0.5) is 8.78 Å². The lowest BCUT2D eigenvalue weighted by atomic mass is 9.94. The Labute approximate surface area is 105 Å². The van der Waals surface area contributed by atoms with Crippen molar-refractivity contribution in [3.8, 4) is 0 Å². The molecule has 1 saturated heterocycles. The number of nitrogens with one attached hydrogen (secondary N) is 2. The van der Waals surface area contributed by atoms with Gasteiger partial charge in [-0.1, -0.05) is 13.0 Å². The van der Waals surface area contributed by atoms with E-state index in [1.807, 2.05) is 6.92 Å². The van der Waals surface area contributed by atoms with Crippen LogP contribution in [0.3, 0.4) is 0 Å². The fourth-order valence-electron chi connectivity index (χ4n) is 2.11. The number of piperidine rings is 1. The first kappa shape index (κ1) is 13.0. The van der Waals surface area contributed by atoms with E-state index in [-0.39, 0.29) is 11.6 Å². The van der Waals surface area contributed by atoms with Crippen molar-refractivity contribution in [2.75, 3.05) is 13.1 Å². The molecular weight excluding hydrogens is 238 g/mol. The Balaban J connectivity index is 2.09. The SMILES string of the molecule is C[C@H]1CCNC[C@@H]1NC(=O)c1cccc(F)c1F. The molecule has 98 valence electrons. The predicted molar refractivity (Wildman–Crippen MR) is 64.3 cm³/mol. The molecule has 0 bridgehead atoms. The van der Waals surface area contributed by atoms with Crippen LogP contribution in [0.15, 0.2) is 18.2 Å². The second-order valence-electron chi connectivity index (χ2n) is 4.65. The van der Waals surface area contributed by atoms with Crippen LogP contribution in [-0.4, -0.2) is 25.0 Å². The molecule has 1 aromatic rings. The Bertz CT molecular complexity index is 451. The molecule has 1 aliphatic heterocycles. The molecule has 0 spiro atoms. The summed E-state index contributed by atoms with van der Waals surface area (Å²) < 4.78 is 26.5. The summed E-state index contributed by atoms with van der Waals surface area (Å²) in [6.07, 6.45) is 0.955. The minimum Gasteiger partial charge on any atom is -0.348 e. The topological polar surface area (TPSA) is 41.1 Å². The highest BCUT2D eigenvalue weighted by Crippen LogP contribution is 2.14. The van der Waals surface area contributed by atoms with Crippen LogP contribution >= 0.6 is 0 Å². The van der Waals surface area contributed by atoms with Crippen LogP contribution in [0.2, 0.25) is 0 Å². The van der Waals surface area contributed by atoms with E-state index in [0.29, 0.717) is 12.5 Å². The second kappa shape index (κ2) is 5.44. The number of carbonyl (C=O) groups is 1. The van der Waals surface area contributed by atoms with Gasteiger partial charge in [0.25, 0.3) is 5.91 Å². The lowest BCUT2D eigenvalue weighted by Crippen LogP contribution is -2.50. The molecule has 0 unspecified atom stereocenters. The minimum absolute atomic E-state index is 0.0473. The second-order valence-corrected chi connectivity index (χ2v) is 4.65. The van der Waals surface area contributed by atoms with E-state index >= 15 is 0 Å². The molecule has 1 fully saturated rings. The van der Waals surface area contributed by atoms with Crippen LogP contribution in [-0.2, 0) is 0 Å². The van der Waals surface area contributed by atoms with E-state index in [0.717, 1.165) is 19.0 Å². The van der Waals surface area contributed by atoms with Crippen LogP contribution < -0.4 is 10.6 Å². The maximum absolute atomic E-state index is 13.5. The molecule has 2 rings (SSSR count). The van der Waals surface area contributed by atoms with Gasteiger partial charge >= 0.3 is 0 Å². The summed E-state index contributed by atoms with van der Waals surface area (Å²) in [6, 6.07) is 3.57. The van der Waals surface area contributed by atoms with Crippen molar-refractivity contribution in [3.05, 3.63) is 35.4 Å². The molecule has 18 heavy (non-hydrogen) atoms. The molecule has 2 N–H and O–H groups in total. The Morgan fingerprint density at radius 1 is 1.44 bits per heavy atom. The van der Waals surface area contributed by atoms with Gasteiger partial charge in [0.1, 0.15) is 0 Å². The van der Waals surface area contributed by atoms with Gasteiger partial charge in [0, 0.05) is 12.6 Å². The van der Waals surface area contributed by atoms with E-state index in [1.54, 1.807) is 0 Å². The molecule has 0 aliphatic carbocycles. The number of hydrogen-bond acceptors (Lipinski definition) is 2. The van der Waals surface area contributed by atoms with Crippen molar-refractivity contribution >= 4 is 5.91 Å². The van der Waals surface area contributed by atoms with E-state index < -0.39 is 17.5 Å². The molecule has 1 aromatic carbocycles. The third-order valence-corrected chi connectivity index (χ3v) is 3.34. The highest BCUT2D eigenvalue weighted by Gasteiger charge is 2.24. The van der Waals surface area contributed by atoms with Crippen LogP contribution in [0.5, 0.6) is 0 Å². The Morgan fingerprint density at radius 2 is 2.22 bits per heavy atom. The maximum Gasteiger partial charge on any atom is 0.254 e. The summed E-state index contributed by atoms with van der Waals surface area (Å²) in [5.74, 6) is -2.33. The molecular formula is C13H16F2N2O. The molecule has 2 atom stereocenters. The highest BCUT2D eigenvalue weighted by molar-refractivity contribution is 5.94. The normalized spacial score (nSPS) is 23.7. The van der Waals surface area contributed by atoms with Gasteiger partial charge in [0.2, 0.25) is 0 Å². The van der Waals surface area contributed by atoms with E-state index in [9.17, 15) is 13.6 Å². The van der Waals surface area contributed by atoms with Gasteiger partial charge in [-0.3, -0.25) is 4.79 Å². The van der Waals surface area contributed by atoms with Gasteiger partial charge in [-0.05, 0) is 31.0 Å². The standard InChI is InChI=1S/C13H16F2N2O/c1-8-5-6-16-7-11(8)17-13(18)9-3-2-4-10(14)12(9)15/h2-4,8,11,16H,5-7H2,1H3,(H,17,18)/t8-,11-/m0/s1. The quantitative estimate of drug-likeness (QED) is 0.843. The zero-order valence-corrected chi connectivity index (χ0v) is 10.2. The smallest absolute Gasteiger partial charge is 0.254 e. The summed E-state index contributed by atoms with van der Waals surface area (Å²) >= 11 is 0. The molecule has 1 heterocycles. The molecule has 3 nitrogen and oxygen atoms in total. The lowest BCUT2D eigenvalue weighted by Gasteiger charge is -2.30. The fraction of sp³-hybridized carbons (Fsp3) is 0.462. The first-order valence-corrected chi connectivity index (χ1v) is 6.05. The van der Waals surface area contributed by atoms with Crippen LogP contribution in [0.1, 0.15) is 23.7 Å². The summed E-state index contributed by atoms with van der Waals surface area (Å²) in [6.45, 7) is 3.61. The number of benzene rings is 1. The van der Waals surface area contributed by atoms with Crippen LogP contribution in [0, 0.1) is 17.6 Å². The first-order chi connectivity index (χ1) is 8.59. The van der Waals surface area contributed by atoms with Gasteiger partial charge in [-0.25, -0.2) is 8.78 Å². The van der Waals surface area contributed by atoms with Gasteiger partial charge < -0.3 is 10.6 Å². The summed E-state index contributed by atoms with van der Waals surface area (Å²) in [5, 5.41) is 5.91. The summed E-state index contributed by atoms with van der Waals surface area (Å²) in [7, 11) is 0. The van der Waals surface area contributed by atoms with Crippen LogP contribution in [0.25, 0.3) is 0 Å². The van der Waals surface area contributed by atoms with E-state index in [2.05, 4.69) is 10.6 Å². The zero-order valence-electron chi connectivity index (χ0n) is 10.2. The van der Waals surface area contributed by atoms with Gasteiger partial charge in [-0.2, -0.15) is 0 Å². The van der Waals surface area contributed by atoms with Crippen molar-refractivity contribution in [1.29, 1.82) is 0 Å². The number of halogens is 2. The summed E-state index contributed by atoms with van der Waals surface area (Å²) in [5.41, 5.74) is -0.243. The molecule has 0 aromatic heterocycles. The Morgan fingerprint density at radius 3 is 2.94 bits per heavy atom. The van der Waals surface area contributed by atoms with Crippen molar-refractivity contribution in [3.63, 3.8) is 0 Å². The Hall–Kier alpha value is -1.49. The van der Waals surface area contributed by atoms with Gasteiger partial charge in [0.15, 0.2) is 11.6 Å². The molecule has 5 heteroatoms. The van der Waals surface area contributed by atoms with Crippen molar-refractivity contribution in [2.45, 2.75) is 19.4 Å². The Kier molecular flexibility index (Phi) is 3.91. The van der Waals surface area contributed by atoms with E-state index in [1.165, 1.54) is 12.1 Å². The molecule has 1 aliphatic rings. The van der Waals surface area contributed by atoms with Gasteiger partial charge in [-0.15, -0.1) is 0 Å². The van der Waals surface area contributed by atoms with Gasteiger partial charge in [0.05, 0.1) is 5.56 Å². The number of carbonyl (C=O) groups excluding carboxylic acids is 1. The number of hydrogen-bond donors (Lipinski definition) is 2. The molecule has 0 saturated carbocycles. The van der Waals surface area contributed by atoms with E-state index in [4.69, 9.17) is 0 Å². The lowest BCUT2D eigenvalue weighted by molar-refractivity contribution is 0.0910. The summed E-state index contributed by atoms with van der Waals surface area (Å²) in [4.78, 5) is 11.9. The predicted octanol–water partition coefficient (Wildman–Crippen LogP) is 1.69. The average molecular weight is 254 g/mol. The molecule has 1 amide bonds.